The SMILES string of the molecule is COc1cccc(COCC2CCCNC2)c1. The Labute approximate surface area is 103 Å². The van der Waals surface area contributed by atoms with Crippen LogP contribution in [0, 0.1) is 5.92 Å². The van der Waals surface area contributed by atoms with Gasteiger partial charge in [-0.25, -0.2) is 0 Å². The van der Waals surface area contributed by atoms with Crippen molar-refractivity contribution < 1.29 is 9.47 Å². The lowest BCUT2D eigenvalue weighted by Crippen LogP contribution is -2.32. The number of ether oxygens (including phenoxy) is 2. The molecule has 1 aliphatic heterocycles. The maximum Gasteiger partial charge on any atom is 0.119 e. The van der Waals surface area contributed by atoms with E-state index in [9.17, 15) is 0 Å². The number of nitrogens with one attached hydrogen (secondary N) is 1. The molecule has 0 bridgehead atoms. The van der Waals surface area contributed by atoms with E-state index in [2.05, 4.69) is 11.4 Å². The molecule has 1 aliphatic rings. The number of hydrogen-bond donors (Lipinski definition) is 1. The van der Waals surface area contributed by atoms with Gasteiger partial charge in [-0.05, 0) is 43.0 Å². The maximum atomic E-state index is 5.76. The average Bonchev–Trinajstić information content (AvgIpc) is 2.40. The van der Waals surface area contributed by atoms with Crippen LogP contribution in [0.5, 0.6) is 5.75 Å². The van der Waals surface area contributed by atoms with Crippen molar-refractivity contribution in [1.82, 2.24) is 5.32 Å². The Bertz CT molecular complexity index is 335. The van der Waals surface area contributed by atoms with Crippen LogP contribution in [0.4, 0.5) is 0 Å². The fourth-order valence-corrected chi connectivity index (χ4v) is 2.17. The van der Waals surface area contributed by atoms with Gasteiger partial charge in [-0.1, -0.05) is 12.1 Å². The van der Waals surface area contributed by atoms with E-state index in [-0.39, 0.29) is 0 Å². The largest absolute Gasteiger partial charge is 0.497 e. The summed E-state index contributed by atoms with van der Waals surface area (Å²) in [4.78, 5) is 0. The summed E-state index contributed by atoms with van der Waals surface area (Å²) in [5.74, 6) is 1.57. The minimum absolute atomic E-state index is 0.674. The standard InChI is InChI=1S/C14H21NO2/c1-16-14-6-2-4-12(8-14)10-17-11-13-5-3-7-15-9-13/h2,4,6,8,13,15H,3,5,7,9-11H2,1H3. The quantitative estimate of drug-likeness (QED) is 0.848. The highest BCUT2D eigenvalue weighted by atomic mass is 16.5. The first-order valence-corrected chi connectivity index (χ1v) is 6.30. The van der Waals surface area contributed by atoms with Crippen molar-refractivity contribution in [3.63, 3.8) is 0 Å². The van der Waals surface area contributed by atoms with Gasteiger partial charge < -0.3 is 14.8 Å². The molecule has 0 radical (unpaired) electrons. The molecule has 1 aromatic carbocycles. The van der Waals surface area contributed by atoms with Crippen LogP contribution in [0.15, 0.2) is 24.3 Å². The lowest BCUT2D eigenvalue weighted by molar-refractivity contribution is 0.0782. The molecule has 1 fully saturated rings. The maximum absolute atomic E-state index is 5.76. The third-order valence-electron chi connectivity index (χ3n) is 3.16. The molecule has 3 heteroatoms. The molecule has 1 aromatic rings. The van der Waals surface area contributed by atoms with Gasteiger partial charge in [0.15, 0.2) is 0 Å². The molecule has 94 valence electrons. The summed E-state index contributed by atoms with van der Waals surface area (Å²) >= 11 is 0. The number of piperidine rings is 1. The van der Waals surface area contributed by atoms with Crippen LogP contribution in [0.1, 0.15) is 18.4 Å². The summed E-state index contributed by atoms with van der Waals surface area (Å²) in [5, 5.41) is 3.40. The van der Waals surface area contributed by atoms with Crippen LogP contribution < -0.4 is 10.1 Å². The fraction of sp³-hybridized carbons (Fsp3) is 0.571. The van der Waals surface area contributed by atoms with Gasteiger partial charge in [0, 0.05) is 6.54 Å². The first kappa shape index (κ1) is 12.4. The lowest BCUT2D eigenvalue weighted by atomic mass is 10.0. The second-order valence-corrected chi connectivity index (χ2v) is 4.58. The van der Waals surface area contributed by atoms with E-state index in [0.29, 0.717) is 12.5 Å². The molecule has 1 heterocycles. The van der Waals surface area contributed by atoms with Gasteiger partial charge in [0.25, 0.3) is 0 Å². The molecule has 1 unspecified atom stereocenters. The predicted molar refractivity (Wildman–Crippen MR) is 68.2 cm³/mol. The summed E-state index contributed by atoms with van der Waals surface area (Å²) in [7, 11) is 1.69. The van der Waals surface area contributed by atoms with E-state index in [1.165, 1.54) is 18.4 Å². The third kappa shape index (κ3) is 4.02. The molecule has 0 aromatic heterocycles. The number of rotatable bonds is 5. The molecule has 17 heavy (non-hydrogen) atoms. The molecule has 0 amide bonds. The van der Waals surface area contributed by atoms with Crippen LogP contribution in [-0.2, 0) is 11.3 Å². The van der Waals surface area contributed by atoms with Crippen LogP contribution in [0.3, 0.4) is 0 Å². The molecule has 1 N–H and O–H groups in total. The molecule has 1 saturated heterocycles. The molecular formula is C14H21NO2. The van der Waals surface area contributed by atoms with E-state index >= 15 is 0 Å². The van der Waals surface area contributed by atoms with Gasteiger partial charge in [0.1, 0.15) is 5.75 Å². The van der Waals surface area contributed by atoms with Gasteiger partial charge in [-0.15, -0.1) is 0 Å². The van der Waals surface area contributed by atoms with E-state index in [0.717, 1.165) is 25.4 Å². The van der Waals surface area contributed by atoms with Gasteiger partial charge in [-0.2, -0.15) is 0 Å². The Morgan fingerprint density at radius 2 is 2.35 bits per heavy atom. The first-order valence-electron chi connectivity index (χ1n) is 6.30. The Hall–Kier alpha value is -1.06. The summed E-state index contributed by atoms with van der Waals surface area (Å²) < 4.78 is 10.9. The van der Waals surface area contributed by atoms with Crippen molar-refractivity contribution in [3.8, 4) is 5.75 Å². The zero-order valence-corrected chi connectivity index (χ0v) is 10.4. The number of hydrogen-bond acceptors (Lipinski definition) is 3. The van der Waals surface area contributed by atoms with E-state index in [4.69, 9.17) is 9.47 Å². The Morgan fingerprint density at radius 1 is 1.41 bits per heavy atom. The van der Waals surface area contributed by atoms with Crippen molar-refractivity contribution in [3.05, 3.63) is 29.8 Å². The van der Waals surface area contributed by atoms with Crippen LogP contribution in [0.2, 0.25) is 0 Å². The molecule has 2 rings (SSSR count). The zero-order chi connectivity index (χ0) is 11.9. The minimum atomic E-state index is 0.674. The Morgan fingerprint density at radius 3 is 3.12 bits per heavy atom. The third-order valence-corrected chi connectivity index (χ3v) is 3.16. The van der Waals surface area contributed by atoms with Crippen molar-refractivity contribution in [1.29, 1.82) is 0 Å². The highest BCUT2D eigenvalue weighted by Crippen LogP contribution is 2.15. The van der Waals surface area contributed by atoms with Crippen LogP contribution in [0.25, 0.3) is 0 Å². The highest BCUT2D eigenvalue weighted by Gasteiger charge is 2.12. The van der Waals surface area contributed by atoms with Crippen molar-refractivity contribution in [2.45, 2.75) is 19.4 Å². The zero-order valence-electron chi connectivity index (χ0n) is 10.4. The molecule has 0 aliphatic carbocycles. The van der Waals surface area contributed by atoms with Gasteiger partial charge in [0.05, 0.1) is 20.3 Å². The summed E-state index contributed by atoms with van der Waals surface area (Å²) in [6, 6.07) is 8.05. The van der Waals surface area contributed by atoms with Crippen LogP contribution >= 0.6 is 0 Å². The predicted octanol–water partition coefficient (Wildman–Crippen LogP) is 2.21. The van der Waals surface area contributed by atoms with Gasteiger partial charge >= 0.3 is 0 Å². The summed E-state index contributed by atoms with van der Waals surface area (Å²) in [6.45, 7) is 3.78. The van der Waals surface area contributed by atoms with E-state index in [1.54, 1.807) is 7.11 Å². The second kappa shape index (κ2) is 6.62. The topological polar surface area (TPSA) is 30.5 Å². The molecular weight excluding hydrogens is 214 g/mol. The van der Waals surface area contributed by atoms with E-state index < -0.39 is 0 Å². The first-order chi connectivity index (χ1) is 8.38. The monoisotopic (exact) mass is 235 g/mol. The van der Waals surface area contributed by atoms with Crippen molar-refractivity contribution in [2.75, 3.05) is 26.8 Å². The van der Waals surface area contributed by atoms with Crippen LogP contribution in [-0.4, -0.2) is 26.8 Å². The number of benzene rings is 1. The fourth-order valence-electron chi connectivity index (χ4n) is 2.17. The number of methoxy groups -OCH3 is 1. The Kier molecular flexibility index (Phi) is 4.83. The lowest BCUT2D eigenvalue weighted by Gasteiger charge is -2.22. The van der Waals surface area contributed by atoms with Gasteiger partial charge in [0.2, 0.25) is 0 Å². The Balaban J connectivity index is 1.73. The van der Waals surface area contributed by atoms with Crippen molar-refractivity contribution >= 4 is 0 Å². The molecule has 3 nitrogen and oxygen atoms in total. The minimum Gasteiger partial charge on any atom is -0.497 e. The van der Waals surface area contributed by atoms with Gasteiger partial charge in [-0.3, -0.25) is 0 Å². The molecule has 0 saturated carbocycles. The van der Waals surface area contributed by atoms with Crippen molar-refractivity contribution in [2.24, 2.45) is 5.92 Å². The summed E-state index contributed by atoms with van der Waals surface area (Å²) in [6.07, 6.45) is 2.55. The molecule has 0 spiro atoms. The molecule has 1 atom stereocenters. The normalized spacial score (nSPS) is 20.2. The second-order valence-electron chi connectivity index (χ2n) is 4.58. The summed E-state index contributed by atoms with van der Waals surface area (Å²) in [5.41, 5.74) is 1.17. The smallest absolute Gasteiger partial charge is 0.119 e. The average molecular weight is 235 g/mol. The van der Waals surface area contributed by atoms with E-state index in [1.807, 2.05) is 18.2 Å². The highest BCUT2D eigenvalue weighted by molar-refractivity contribution is 5.27.